The first-order valence-electron chi connectivity index (χ1n) is 4.89. The van der Waals surface area contributed by atoms with Crippen LogP contribution in [0.25, 0.3) is 0 Å². The highest BCUT2D eigenvalue weighted by Gasteiger charge is 2.15. The van der Waals surface area contributed by atoms with Crippen molar-refractivity contribution in [1.29, 1.82) is 0 Å². The summed E-state index contributed by atoms with van der Waals surface area (Å²) in [6, 6.07) is 0.0486. The van der Waals surface area contributed by atoms with Crippen molar-refractivity contribution in [2.75, 3.05) is 5.32 Å². The molecule has 0 aromatic carbocycles. The first kappa shape index (κ1) is 12.2. The average molecular weight is 226 g/mol. The smallest absolute Gasteiger partial charge is 0.311 e. The molecule has 0 radical (unpaired) electrons. The average Bonchev–Trinajstić information content (AvgIpc) is 2.45. The van der Waals surface area contributed by atoms with Crippen molar-refractivity contribution in [3.8, 4) is 0 Å². The van der Waals surface area contributed by atoms with Crippen LogP contribution in [0.5, 0.6) is 0 Å². The summed E-state index contributed by atoms with van der Waals surface area (Å²) < 4.78 is 5.12. The second-order valence-corrected chi connectivity index (χ2v) is 3.74. The summed E-state index contributed by atoms with van der Waals surface area (Å²) in [5.74, 6) is -1.15. The topological polar surface area (TPSA) is 92.4 Å². The number of hydrogen-bond acceptors (Lipinski definition) is 4. The Bertz CT molecular complexity index is 409. The van der Waals surface area contributed by atoms with Crippen molar-refractivity contribution in [1.82, 2.24) is 4.98 Å². The zero-order chi connectivity index (χ0) is 12.3. The van der Waals surface area contributed by atoms with Gasteiger partial charge in [0.1, 0.15) is 12.2 Å². The number of carboxylic acid groups (broad SMARTS) is 1. The van der Waals surface area contributed by atoms with Gasteiger partial charge in [-0.3, -0.25) is 14.9 Å². The number of aliphatic carboxylic acids is 1. The lowest BCUT2D eigenvalue weighted by Gasteiger charge is -2.02. The largest absolute Gasteiger partial charge is 0.481 e. The molecule has 1 rings (SSSR count). The standard InChI is InChI=1S/C10H14N2O4/c1-5(2)9(15)12-10-11-6(3)7(16-10)4-8(13)14/h5H,4H2,1-3H3,(H,13,14)(H,11,12,15). The Hall–Kier alpha value is -1.85. The molecular formula is C10H14N2O4. The molecule has 0 fully saturated rings. The van der Waals surface area contributed by atoms with Crippen LogP contribution in [0.3, 0.4) is 0 Å². The van der Waals surface area contributed by atoms with Crippen molar-refractivity contribution >= 4 is 17.9 Å². The van der Waals surface area contributed by atoms with Crippen LogP contribution in [0.2, 0.25) is 0 Å². The number of carboxylic acids is 1. The van der Waals surface area contributed by atoms with Gasteiger partial charge < -0.3 is 9.52 Å². The van der Waals surface area contributed by atoms with E-state index in [4.69, 9.17) is 9.52 Å². The molecule has 1 heterocycles. The first-order chi connectivity index (χ1) is 7.40. The molecule has 88 valence electrons. The first-order valence-corrected chi connectivity index (χ1v) is 4.89. The van der Waals surface area contributed by atoms with Gasteiger partial charge >= 0.3 is 12.0 Å². The summed E-state index contributed by atoms with van der Waals surface area (Å²) in [4.78, 5) is 25.7. The molecule has 0 unspecified atom stereocenters. The van der Waals surface area contributed by atoms with Gasteiger partial charge in [-0.15, -0.1) is 0 Å². The highest BCUT2D eigenvalue weighted by Crippen LogP contribution is 2.15. The lowest BCUT2D eigenvalue weighted by atomic mass is 10.2. The molecular weight excluding hydrogens is 212 g/mol. The van der Waals surface area contributed by atoms with Gasteiger partial charge in [0.25, 0.3) is 0 Å². The molecule has 0 spiro atoms. The van der Waals surface area contributed by atoms with E-state index in [1.807, 2.05) is 0 Å². The third-order valence-corrected chi connectivity index (χ3v) is 1.96. The summed E-state index contributed by atoms with van der Waals surface area (Å²) >= 11 is 0. The number of anilines is 1. The SMILES string of the molecule is Cc1nc(NC(=O)C(C)C)oc1CC(=O)O. The number of oxazole rings is 1. The monoisotopic (exact) mass is 226 g/mol. The fourth-order valence-electron chi connectivity index (χ4n) is 1.03. The molecule has 0 aliphatic rings. The van der Waals surface area contributed by atoms with E-state index in [1.54, 1.807) is 20.8 Å². The zero-order valence-corrected chi connectivity index (χ0v) is 9.40. The lowest BCUT2D eigenvalue weighted by molar-refractivity contribution is -0.136. The molecule has 0 atom stereocenters. The maximum absolute atomic E-state index is 11.3. The number of amides is 1. The quantitative estimate of drug-likeness (QED) is 0.804. The van der Waals surface area contributed by atoms with Crippen LogP contribution in [-0.2, 0) is 16.0 Å². The minimum absolute atomic E-state index is 0.0486. The molecule has 0 aliphatic heterocycles. The fraction of sp³-hybridized carbons (Fsp3) is 0.500. The zero-order valence-electron chi connectivity index (χ0n) is 9.40. The molecule has 6 heteroatoms. The highest BCUT2D eigenvalue weighted by atomic mass is 16.4. The van der Waals surface area contributed by atoms with Crippen LogP contribution in [0.4, 0.5) is 6.01 Å². The maximum Gasteiger partial charge on any atom is 0.311 e. The van der Waals surface area contributed by atoms with Crippen molar-refractivity contribution in [2.24, 2.45) is 5.92 Å². The van der Waals surface area contributed by atoms with Gasteiger partial charge in [0.05, 0.1) is 5.69 Å². The molecule has 0 bridgehead atoms. The van der Waals surface area contributed by atoms with Gasteiger partial charge in [0, 0.05) is 5.92 Å². The molecule has 16 heavy (non-hydrogen) atoms. The Morgan fingerprint density at radius 3 is 2.62 bits per heavy atom. The van der Waals surface area contributed by atoms with Crippen LogP contribution in [0.15, 0.2) is 4.42 Å². The summed E-state index contributed by atoms with van der Waals surface area (Å²) in [6.07, 6.45) is -0.240. The Morgan fingerprint density at radius 2 is 2.12 bits per heavy atom. The van der Waals surface area contributed by atoms with Crippen molar-refractivity contribution in [3.63, 3.8) is 0 Å². The molecule has 0 saturated heterocycles. The number of aryl methyl sites for hydroxylation is 1. The van der Waals surface area contributed by atoms with E-state index in [1.165, 1.54) is 0 Å². The minimum Gasteiger partial charge on any atom is -0.481 e. The van der Waals surface area contributed by atoms with Crippen LogP contribution in [0.1, 0.15) is 25.3 Å². The number of carbonyl (C=O) groups excluding carboxylic acids is 1. The molecule has 0 saturated carbocycles. The second-order valence-electron chi connectivity index (χ2n) is 3.74. The maximum atomic E-state index is 11.3. The molecule has 6 nitrogen and oxygen atoms in total. The number of rotatable bonds is 4. The van der Waals surface area contributed by atoms with Gasteiger partial charge in [-0.1, -0.05) is 13.8 Å². The van der Waals surface area contributed by atoms with Crippen LogP contribution >= 0.6 is 0 Å². The summed E-state index contributed by atoms with van der Waals surface area (Å²) in [5.41, 5.74) is 0.474. The third kappa shape index (κ3) is 3.08. The van der Waals surface area contributed by atoms with E-state index in [-0.39, 0.29) is 30.0 Å². The van der Waals surface area contributed by atoms with Crippen molar-refractivity contribution in [3.05, 3.63) is 11.5 Å². The van der Waals surface area contributed by atoms with Gasteiger partial charge in [-0.25, -0.2) is 0 Å². The predicted octanol–water partition coefficient (Wildman–Crippen LogP) is 1.20. The number of carbonyl (C=O) groups is 2. The molecule has 1 aromatic heterocycles. The number of aromatic nitrogens is 1. The van der Waals surface area contributed by atoms with E-state index < -0.39 is 5.97 Å². The van der Waals surface area contributed by atoms with Crippen LogP contribution < -0.4 is 5.32 Å². The fourth-order valence-corrected chi connectivity index (χ4v) is 1.03. The molecule has 1 aromatic rings. The van der Waals surface area contributed by atoms with E-state index >= 15 is 0 Å². The van der Waals surface area contributed by atoms with Gasteiger partial charge in [0.15, 0.2) is 0 Å². The molecule has 0 aliphatic carbocycles. The van der Waals surface area contributed by atoms with Crippen molar-refractivity contribution < 1.29 is 19.1 Å². The summed E-state index contributed by atoms with van der Waals surface area (Å²) in [5, 5.41) is 11.1. The van der Waals surface area contributed by atoms with Gasteiger partial charge in [-0.2, -0.15) is 4.98 Å². The highest BCUT2D eigenvalue weighted by molar-refractivity contribution is 5.90. The van der Waals surface area contributed by atoms with Crippen LogP contribution in [0, 0.1) is 12.8 Å². The molecule has 1 amide bonds. The van der Waals surface area contributed by atoms with Crippen molar-refractivity contribution in [2.45, 2.75) is 27.2 Å². The summed E-state index contributed by atoms with van der Waals surface area (Å²) in [6.45, 7) is 5.11. The number of nitrogens with zero attached hydrogens (tertiary/aromatic N) is 1. The Morgan fingerprint density at radius 1 is 1.50 bits per heavy atom. The summed E-state index contributed by atoms with van der Waals surface area (Å²) in [7, 11) is 0. The van der Waals surface area contributed by atoms with E-state index in [0.717, 1.165) is 0 Å². The van der Waals surface area contributed by atoms with E-state index in [0.29, 0.717) is 5.69 Å². The predicted molar refractivity (Wildman–Crippen MR) is 56.0 cm³/mol. The van der Waals surface area contributed by atoms with Gasteiger partial charge in [-0.05, 0) is 6.92 Å². The Kier molecular flexibility index (Phi) is 3.65. The minimum atomic E-state index is -0.999. The van der Waals surface area contributed by atoms with Crippen LogP contribution in [-0.4, -0.2) is 22.0 Å². The number of hydrogen-bond donors (Lipinski definition) is 2. The third-order valence-electron chi connectivity index (χ3n) is 1.96. The van der Waals surface area contributed by atoms with Gasteiger partial charge in [0.2, 0.25) is 5.91 Å². The van der Waals surface area contributed by atoms with E-state index in [2.05, 4.69) is 10.3 Å². The number of nitrogens with one attached hydrogen (secondary N) is 1. The second kappa shape index (κ2) is 4.78. The van der Waals surface area contributed by atoms with E-state index in [9.17, 15) is 9.59 Å². The normalized spacial score (nSPS) is 10.5. The molecule has 2 N–H and O–H groups in total. The lowest BCUT2D eigenvalue weighted by Crippen LogP contribution is -2.17. The Labute approximate surface area is 92.7 Å². The Balaban J connectivity index is 2.76.